The monoisotopic (exact) mass is 210 g/mol. The highest BCUT2D eigenvalue weighted by Crippen LogP contribution is 2.33. The Morgan fingerprint density at radius 1 is 1.36 bits per heavy atom. The van der Waals surface area contributed by atoms with Gasteiger partial charge < -0.3 is 4.52 Å². The highest BCUT2D eigenvalue weighted by atomic mass is 31.0. The molecule has 78 valence electrons. The molecule has 1 nitrogen and oxygen atoms in total. The molecule has 2 atom stereocenters. The lowest BCUT2D eigenvalue weighted by atomic mass is 9.94. The van der Waals surface area contributed by atoms with Crippen molar-refractivity contribution in [3.8, 4) is 5.75 Å². The average Bonchev–Trinajstić information content (AvgIpc) is 2.15. The van der Waals surface area contributed by atoms with Crippen LogP contribution in [0, 0.1) is 13.8 Å². The molecule has 0 heterocycles. The molecule has 2 heteroatoms. The van der Waals surface area contributed by atoms with Gasteiger partial charge in [-0.25, -0.2) is 0 Å². The first kappa shape index (κ1) is 11.5. The second kappa shape index (κ2) is 4.79. The van der Waals surface area contributed by atoms with Crippen molar-refractivity contribution in [3.63, 3.8) is 0 Å². The highest BCUT2D eigenvalue weighted by molar-refractivity contribution is 7.10. The fourth-order valence-corrected chi connectivity index (χ4v) is 2.06. The minimum atomic E-state index is 0.559. The van der Waals surface area contributed by atoms with E-state index in [0.717, 1.165) is 12.2 Å². The number of rotatable bonds is 3. The predicted molar refractivity (Wildman–Crippen MR) is 65.0 cm³/mol. The maximum atomic E-state index is 5.37. The van der Waals surface area contributed by atoms with Gasteiger partial charge in [0.25, 0.3) is 0 Å². The molecular weight excluding hydrogens is 191 g/mol. The van der Waals surface area contributed by atoms with Gasteiger partial charge in [0.1, 0.15) is 5.75 Å². The van der Waals surface area contributed by atoms with Crippen LogP contribution in [-0.2, 0) is 0 Å². The Hall–Kier alpha value is -0.550. The molecule has 0 bridgehead atoms. The van der Waals surface area contributed by atoms with Crippen molar-refractivity contribution in [2.75, 3.05) is 0 Å². The summed E-state index contributed by atoms with van der Waals surface area (Å²) in [7, 11) is 2.34. The molecule has 2 unspecified atom stereocenters. The van der Waals surface area contributed by atoms with Gasteiger partial charge in [-0.1, -0.05) is 31.5 Å². The molecule has 0 amide bonds. The summed E-state index contributed by atoms with van der Waals surface area (Å²) >= 11 is 0. The van der Waals surface area contributed by atoms with E-state index < -0.39 is 0 Å². The zero-order valence-corrected chi connectivity index (χ0v) is 10.6. The Morgan fingerprint density at radius 3 is 2.50 bits per heavy atom. The van der Waals surface area contributed by atoms with E-state index in [1.165, 1.54) is 16.7 Å². The molecule has 0 aliphatic heterocycles. The van der Waals surface area contributed by atoms with Gasteiger partial charge >= 0.3 is 0 Å². The van der Waals surface area contributed by atoms with Gasteiger partial charge in [-0.3, -0.25) is 0 Å². The predicted octanol–water partition coefficient (Wildman–Crippen LogP) is 3.99. The highest BCUT2D eigenvalue weighted by Gasteiger charge is 2.12. The van der Waals surface area contributed by atoms with E-state index in [2.05, 4.69) is 49.3 Å². The summed E-state index contributed by atoms with van der Waals surface area (Å²) in [5.41, 5.74) is 3.85. The second-order valence-corrected chi connectivity index (χ2v) is 4.16. The summed E-state index contributed by atoms with van der Waals surface area (Å²) in [6.07, 6.45) is 1.14. The molecule has 0 radical (unpaired) electrons. The Kier molecular flexibility index (Phi) is 3.95. The molecule has 0 aliphatic rings. The first-order chi connectivity index (χ1) is 6.60. The fourth-order valence-electron chi connectivity index (χ4n) is 1.73. The van der Waals surface area contributed by atoms with Crippen molar-refractivity contribution >= 4 is 9.47 Å². The number of hydrogen-bond donors (Lipinski definition) is 0. The van der Waals surface area contributed by atoms with E-state index >= 15 is 0 Å². The Bertz CT molecular complexity index is 320. The molecule has 0 N–H and O–H groups in total. The molecule has 0 saturated carbocycles. The van der Waals surface area contributed by atoms with Crippen LogP contribution in [0.15, 0.2) is 12.1 Å². The largest absolute Gasteiger partial charge is 0.480 e. The lowest BCUT2D eigenvalue weighted by Gasteiger charge is -2.16. The summed E-state index contributed by atoms with van der Waals surface area (Å²) in [6.45, 7) is 8.67. The van der Waals surface area contributed by atoms with Crippen molar-refractivity contribution in [2.24, 2.45) is 0 Å². The van der Waals surface area contributed by atoms with Gasteiger partial charge in [-0.05, 0) is 37.3 Å². The second-order valence-electron chi connectivity index (χ2n) is 3.93. The number of aryl methyl sites for hydroxylation is 2. The first-order valence-corrected chi connectivity index (χ1v) is 5.55. The SMILES string of the molecule is CCC(C)c1cc(C)cc(C)c1OP. The Morgan fingerprint density at radius 2 is 2.00 bits per heavy atom. The molecule has 0 fully saturated rings. The molecule has 1 aromatic carbocycles. The third kappa shape index (κ3) is 2.27. The smallest absolute Gasteiger partial charge is 0.128 e. The quantitative estimate of drug-likeness (QED) is 0.685. The van der Waals surface area contributed by atoms with E-state index in [-0.39, 0.29) is 0 Å². The van der Waals surface area contributed by atoms with Crippen molar-refractivity contribution in [1.29, 1.82) is 0 Å². The third-order valence-electron chi connectivity index (χ3n) is 2.71. The van der Waals surface area contributed by atoms with Crippen LogP contribution >= 0.6 is 9.47 Å². The molecule has 0 aliphatic carbocycles. The van der Waals surface area contributed by atoms with Crippen LogP contribution in [0.3, 0.4) is 0 Å². The Labute approximate surface area is 89.2 Å². The van der Waals surface area contributed by atoms with Gasteiger partial charge in [0.2, 0.25) is 0 Å². The summed E-state index contributed by atoms with van der Waals surface area (Å²) in [5.74, 6) is 1.58. The minimum absolute atomic E-state index is 0.559. The first-order valence-electron chi connectivity index (χ1n) is 5.08. The number of hydrogen-bond acceptors (Lipinski definition) is 1. The van der Waals surface area contributed by atoms with Crippen LogP contribution in [0.5, 0.6) is 5.75 Å². The topological polar surface area (TPSA) is 9.23 Å². The van der Waals surface area contributed by atoms with E-state index in [0.29, 0.717) is 5.92 Å². The minimum Gasteiger partial charge on any atom is -0.480 e. The molecule has 14 heavy (non-hydrogen) atoms. The van der Waals surface area contributed by atoms with Crippen LogP contribution < -0.4 is 4.52 Å². The molecule has 1 aromatic rings. The zero-order chi connectivity index (χ0) is 10.7. The normalized spacial score (nSPS) is 12.6. The summed E-state index contributed by atoms with van der Waals surface area (Å²) in [6, 6.07) is 4.38. The molecule has 0 saturated heterocycles. The molecular formula is C12H19OP. The average molecular weight is 210 g/mol. The van der Waals surface area contributed by atoms with E-state index in [4.69, 9.17) is 4.52 Å². The van der Waals surface area contributed by atoms with Crippen LogP contribution in [0.4, 0.5) is 0 Å². The number of benzene rings is 1. The molecule has 0 aromatic heterocycles. The van der Waals surface area contributed by atoms with Crippen LogP contribution in [-0.4, -0.2) is 0 Å². The molecule has 0 spiro atoms. The van der Waals surface area contributed by atoms with Crippen molar-refractivity contribution in [1.82, 2.24) is 0 Å². The fraction of sp³-hybridized carbons (Fsp3) is 0.500. The van der Waals surface area contributed by atoms with Crippen molar-refractivity contribution in [3.05, 3.63) is 28.8 Å². The lowest BCUT2D eigenvalue weighted by Crippen LogP contribution is -1.97. The maximum absolute atomic E-state index is 5.37. The van der Waals surface area contributed by atoms with E-state index in [1.807, 2.05) is 0 Å². The third-order valence-corrected chi connectivity index (χ3v) is 2.94. The van der Waals surface area contributed by atoms with Crippen LogP contribution in [0.25, 0.3) is 0 Å². The van der Waals surface area contributed by atoms with Crippen molar-refractivity contribution in [2.45, 2.75) is 40.0 Å². The maximum Gasteiger partial charge on any atom is 0.128 e. The summed E-state index contributed by atoms with van der Waals surface area (Å²) in [5, 5.41) is 0. The van der Waals surface area contributed by atoms with E-state index in [9.17, 15) is 0 Å². The zero-order valence-electron chi connectivity index (χ0n) is 9.42. The molecule has 1 rings (SSSR count). The van der Waals surface area contributed by atoms with Gasteiger partial charge in [0.15, 0.2) is 0 Å². The van der Waals surface area contributed by atoms with Gasteiger partial charge in [-0.15, -0.1) is 0 Å². The Balaban J connectivity index is 3.24. The van der Waals surface area contributed by atoms with Gasteiger partial charge in [-0.2, -0.15) is 0 Å². The van der Waals surface area contributed by atoms with Crippen molar-refractivity contribution < 1.29 is 4.52 Å². The standard InChI is InChI=1S/C12H19OP/c1-5-9(3)11-7-8(2)6-10(4)12(11)13-14/h6-7,9H,5,14H2,1-4H3. The van der Waals surface area contributed by atoms with E-state index in [1.54, 1.807) is 0 Å². The summed E-state index contributed by atoms with van der Waals surface area (Å²) < 4.78 is 5.37. The lowest BCUT2D eigenvalue weighted by molar-refractivity contribution is 0.604. The van der Waals surface area contributed by atoms with Crippen LogP contribution in [0.1, 0.15) is 42.9 Å². The van der Waals surface area contributed by atoms with Crippen LogP contribution in [0.2, 0.25) is 0 Å². The van der Waals surface area contributed by atoms with Gasteiger partial charge in [0.05, 0.1) is 9.47 Å². The van der Waals surface area contributed by atoms with Gasteiger partial charge in [0, 0.05) is 0 Å². The summed E-state index contributed by atoms with van der Waals surface area (Å²) in [4.78, 5) is 0.